The Morgan fingerprint density at radius 2 is 1.89 bits per heavy atom. The normalized spacial score (nSPS) is 18.3. The van der Waals surface area contributed by atoms with Crippen molar-refractivity contribution in [3.8, 4) is 0 Å². The fourth-order valence-corrected chi connectivity index (χ4v) is 2.59. The fourth-order valence-electron chi connectivity index (χ4n) is 2.59. The van der Waals surface area contributed by atoms with Crippen molar-refractivity contribution in [1.82, 2.24) is 9.80 Å². The van der Waals surface area contributed by atoms with Crippen LogP contribution in [0.4, 0.5) is 0 Å². The fraction of sp³-hybridized carbons (Fsp3) is 0.533. The summed E-state index contributed by atoms with van der Waals surface area (Å²) in [7, 11) is 2.19. The van der Waals surface area contributed by atoms with Gasteiger partial charge in [0.15, 0.2) is 0 Å². The van der Waals surface area contributed by atoms with Gasteiger partial charge in [-0.3, -0.25) is 4.90 Å². The van der Waals surface area contributed by atoms with Gasteiger partial charge in [0, 0.05) is 32.7 Å². The topological polar surface area (TPSA) is 44.9 Å². The number of hydrazone groups is 1. The second kappa shape index (κ2) is 6.17. The Morgan fingerprint density at radius 3 is 2.53 bits per heavy atom. The highest BCUT2D eigenvalue weighted by atomic mass is 15.2. The van der Waals surface area contributed by atoms with Gasteiger partial charge < -0.3 is 10.7 Å². The molecule has 1 aromatic carbocycles. The van der Waals surface area contributed by atoms with E-state index in [-0.39, 0.29) is 0 Å². The number of likely N-dealkylation sites (N-methyl/N-ethyl adjacent to an activating group) is 1. The molecule has 2 rings (SSSR count). The zero-order chi connectivity index (χ0) is 13.8. The van der Waals surface area contributed by atoms with E-state index in [1.165, 1.54) is 16.7 Å². The third-order valence-electron chi connectivity index (χ3n) is 3.90. The zero-order valence-corrected chi connectivity index (χ0v) is 12.2. The van der Waals surface area contributed by atoms with Gasteiger partial charge in [0.2, 0.25) is 0 Å². The van der Waals surface area contributed by atoms with E-state index in [0.717, 1.165) is 38.3 Å². The summed E-state index contributed by atoms with van der Waals surface area (Å²) in [6.07, 6.45) is 1.75. The molecule has 1 fully saturated rings. The summed E-state index contributed by atoms with van der Waals surface area (Å²) in [4.78, 5) is 4.90. The van der Waals surface area contributed by atoms with Crippen LogP contribution in [0.3, 0.4) is 0 Å². The lowest BCUT2D eigenvalue weighted by Gasteiger charge is -2.32. The van der Waals surface area contributed by atoms with Gasteiger partial charge >= 0.3 is 0 Å². The number of rotatable bonds is 3. The van der Waals surface area contributed by atoms with Crippen LogP contribution in [0.15, 0.2) is 17.2 Å². The van der Waals surface area contributed by atoms with Crippen molar-refractivity contribution < 1.29 is 0 Å². The molecule has 1 aliphatic rings. The van der Waals surface area contributed by atoms with Gasteiger partial charge in [0.05, 0.1) is 6.21 Å². The molecule has 19 heavy (non-hydrogen) atoms. The van der Waals surface area contributed by atoms with Gasteiger partial charge in [-0.1, -0.05) is 17.7 Å². The lowest BCUT2D eigenvalue weighted by Crippen LogP contribution is -2.44. The molecule has 0 unspecified atom stereocenters. The number of nitrogens with two attached hydrogens (primary N) is 1. The molecule has 0 spiro atoms. The molecule has 1 heterocycles. The predicted octanol–water partition coefficient (Wildman–Crippen LogP) is 1.34. The lowest BCUT2D eigenvalue weighted by atomic mass is 9.99. The van der Waals surface area contributed by atoms with E-state index < -0.39 is 0 Å². The first-order chi connectivity index (χ1) is 9.10. The Balaban J connectivity index is 2.15. The number of aryl methyl sites for hydroxylation is 1. The van der Waals surface area contributed by atoms with Crippen molar-refractivity contribution in [3.05, 3.63) is 34.4 Å². The highest BCUT2D eigenvalue weighted by molar-refractivity contribution is 5.82. The Bertz CT molecular complexity index is 459. The summed E-state index contributed by atoms with van der Waals surface area (Å²) in [5, 5.41) is 3.66. The molecule has 0 amide bonds. The van der Waals surface area contributed by atoms with Crippen LogP contribution in [-0.4, -0.2) is 49.2 Å². The van der Waals surface area contributed by atoms with Crippen LogP contribution < -0.4 is 5.84 Å². The van der Waals surface area contributed by atoms with Crippen molar-refractivity contribution >= 4 is 6.21 Å². The first-order valence-electron chi connectivity index (χ1n) is 6.84. The van der Waals surface area contributed by atoms with Crippen LogP contribution in [0.25, 0.3) is 0 Å². The van der Waals surface area contributed by atoms with Gasteiger partial charge in [0.25, 0.3) is 0 Å². The molecule has 1 aromatic rings. The average Bonchev–Trinajstić information content (AvgIpc) is 2.38. The summed E-state index contributed by atoms with van der Waals surface area (Å²) >= 11 is 0. The third kappa shape index (κ3) is 3.55. The Hall–Kier alpha value is -1.39. The molecular weight excluding hydrogens is 236 g/mol. The van der Waals surface area contributed by atoms with E-state index in [2.05, 4.69) is 47.9 Å². The monoisotopic (exact) mass is 260 g/mol. The van der Waals surface area contributed by atoms with Gasteiger partial charge in [-0.15, -0.1) is 0 Å². The maximum atomic E-state index is 5.28. The van der Waals surface area contributed by atoms with E-state index in [1.54, 1.807) is 6.21 Å². The maximum absolute atomic E-state index is 5.28. The highest BCUT2D eigenvalue weighted by Gasteiger charge is 2.15. The van der Waals surface area contributed by atoms with Crippen molar-refractivity contribution in [2.45, 2.75) is 20.4 Å². The van der Waals surface area contributed by atoms with Gasteiger partial charge in [-0.05, 0) is 37.6 Å². The Labute approximate surface area is 115 Å². The third-order valence-corrected chi connectivity index (χ3v) is 3.90. The molecule has 4 nitrogen and oxygen atoms in total. The summed E-state index contributed by atoms with van der Waals surface area (Å²) < 4.78 is 0. The minimum atomic E-state index is 1.02. The maximum Gasteiger partial charge on any atom is 0.0540 e. The van der Waals surface area contributed by atoms with E-state index in [9.17, 15) is 0 Å². The SMILES string of the molecule is Cc1cc(C=NN)c(C)c(CN2CCN(C)CC2)c1. The molecule has 4 heteroatoms. The molecule has 0 aliphatic carbocycles. The number of piperazine rings is 1. The van der Waals surface area contributed by atoms with Gasteiger partial charge in [0.1, 0.15) is 0 Å². The molecular formula is C15H24N4. The van der Waals surface area contributed by atoms with E-state index >= 15 is 0 Å². The molecule has 0 radical (unpaired) electrons. The molecule has 0 saturated carbocycles. The molecule has 1 aliphatic heterocycles. The number of hydrogen-bond acceptors (Lipinski definition) is 4. The minimum Gasteiger partial charge on any atom is -0.323 e. The van der Waals surface area contributed by atoms with Gasteiger partial charge in [-0.2, -0.15) is 5.10 Å². The largest absolute Gasteiger partial charge is 0.323 e. The average molecular weight is 260 g/mol. The predicted molar refractivity (Wildman–Crippen MR) is 80.5 cm³/mol. The first kappa shape index (κ1) is 14.0. The summed E-state index contributed by atoms with van der Waals surface area (Å²) in [5.74, 6) is 5.28. The first-order valence-corrected chi connectivity index (χ1v) is 6.84. The number of nitrogens with zero attached hydrogens (tertiary/aromatic N) is 3. The highest BCUT2D eigenvalue weighted by Crippen LogP contribution is 2.18. The van der Waals surface area contributed by atoms with Crippen molar-refractivity contribution in [2.24, 2.45) is 10.9 Å². The van der Waals surface area contributed by atoms with Crippen LogP contribution in [0.1, 0.15) is 22.3 Å². The molecule has 2 N–H and O–H groups in total. The molecule has 0 aromatic heterocycles. The Morgan fingerprint density at radius 1 is 1.21 bits per heavy atom. The van der Waals surface area contributed by atoms with Crippen molar-refractivity contribution in [2.75, 3.05) is 33.2 Å². The van der Waals surface area contributed by atoms with Crippen LogP contribution in [-0.2, 0) is 6.54 Å². The molecule has 104 valence electrons. The minimum absolute atomic E-state index is 1.02. The van der Waals surface area contributed by atoms with Gasteiger partial charge in [-0.25, -0.2) is 0 Å². The van der Waals surface area contributed by atoms with Crippen molar-refractivity contribution in [3.63, 3.8) is 0 Å². The van der Waals surface area contributed by atoms with E-state index in [4.69, 9.17) is 5.84 Å². The van der Waals surface area contributed by atoms with E-state index in [0.29, 0.717) is 0 Å². The van der Waals surface area contributed by atoms with E-state index in [1.807, 2.05) is 0 Å². The zero-order valence-electron chi connectivity index (χ0n) is 12.2. The van der Waals surface area contributed by atoms with Crippen LogP contribution in [0.5, 0.6) is 0 Å². The Kier molecular flexibility index (Phi) is 4.56. The summed E-state index contributed by atoms with van der Waals surface area (Å²) in [5.41, 5.74) is 5.08. The summed E-state index contributed by atoms with van der Waals surface area (Å²) in [6, 6.07) is 4.42. The number of hydrogen-bond donors (Lipinski definition) is 1. The summed E-state index contributed by atoms with van der Waals surface area (Å²) in [6.45, 7) is 9.90. The van der Waals surface area contributed by atoms with Crippen LogP contribution in [0, 0.1) is 13.8 Å². The molecule has 0 atom stereocenters. The van der Waals surface area contributed by atoms with Crippen molar-refractivity contribution in [1.29, 1.82) is 0 Å². The van der Waals surface area contributed by atoms with Crippen LogP contribution >= 0.6 is 0 Å². The standard InChI is InChI=1S/C15H24N4/c1-12-8-14(10-17-16)13(2)15(9-12)11-19-6-4-18(3)5-7-19/h8-10H,4-7,11,16H2,1-3H3. The second-order valence-electron chi connectivity index (χ2n) is 5.50. The van der Waals surface area contributed by atoms with Crippen LogP contribution in [0.2, 0.25) is 0 Å². The molecule has 1 saturated heterocycles. The smallest absolute Gasteiger partial charge is 0.0540 e. The number of benzene rings is 1. The second-order valence-corrected chi connectivity index (χ2v) is 5.50. The lowest BCUT2D eigenvalue weighted by molar-refractivity contribution is 0.148. The molecule has 0 bridgehead atoms. The quantitative estimate of drug-likeness (QED) is 0.507.